The summed E-state index contributed by atoms with van der Waals surface area (Å²) in [6, 6.07) is 21.7. The van der Waals surface area contributed by atoms with Crippen LogP contribution in [0.3, 0.4) is 0 Å². The molecule has 0 fully saturated rings. The van der Waals surface area contributed by atoms with Gasteiger partial charge in [0.05, 0.1) is 12.5 Å². The van der Waals surface area contributed by atoms with Crippen molar-refractivity contribution in [3.05, 3.63) is 90.3 Å². The molecule has 0 spiro atoms. The summed E-state index contributed by atoms with van der Waals surface area (Å²) in [4.78, 5) is 41.1. The van der Waals surface area contributed by atoms with Gasteiger partial charge in [-0.1, -0.05) is 61.5 Å². The number of rotatable bonds is 13. The number of carbonyl (C=O) groups excluding carboxylic acids is 3. The van der Waals surface area contributed by atoms with Gasteiger partial charge in [-0.05, 0) is 54.2 Å². The van der Waals surface area contributed by atoms with Crippen LogP contribution in [0.5, 0.6) is 0 Å². The fourth-order valence-corrected chi connectivity index (χ4v) is 4.07. The first-order valence-corrected chi connectivity index (χ1v) is 12.7. The van der Waals surface area contributed by atoms with E-state index in [0.717, 1.165) is 22.3 Å². The Bertz CT molecular complexity index is 1130. The molecule has 0 aliphatic rings. The highest BCUT2D eigenvalue weighted by Gasteiger charge is 2.22. The number of pyridine rings is 1. The first kappa shape index (κ1) is 27.6. The monoisotopic (exact) mass is 501 g/mol. The molecule has 0 bridgehead atoms. The van der Waals surface area contributed by atoms with Crippen molar-refractivity contribution in [3.63, 3.8) is 0 Å². The second kappa shape index (κ2) is 14.5. The molecule has 1 aromatic heterocycles. The molecule has 0 aliphatic carbocycles. The molecule has 1 heterocycles. The van der Waals surface area contributed by atoms with Crippen molar-refractivity contribution in [1.82, 2.24) is 15.6 Å². The number of hydrogen-bond donors (Lipinski definition) is 2. The molecule has 3 aromatic rings. The lowest BCUT2D eigenvalue weighted by Gasteiger charge is -2.22. The lowest BCUT2D eigenvalue weighted by Crippen LogP contribution is -2.39. The molecule has 0 radical (unpaired) electrons. The average molecular weight is 502 g/mol. The van der Waals surface area contributed by atoms with E-state index in [1.807, 2.05) is 49.4 Å². The summed E-state index contributed by atoms with van der Waals surface area (Å²) in [5, 5.41) is 5.85. The minimum atomic E-state index is -0.363. The van der Waals surface area contributed by atoms with E-state index in [0.29, 0.717) is 26.0 Å². The highest BCUT2D eigenvalue weighted by molar-refractivity contribution is 5.84. The van der Waals surface area contributed by atoms with Crippen LogP contribution >= 0.6 is 0 Å². The van der Waals surface area contributed by atoms with Gasteiger partial charge in [0.2, 0.25) is 11.8 Å². The van der Waals surface area contributed by atoms with Crippen LogP contribution in [0.4, 0.5) is 0 Å². The molecular weight excluding hydrogens is 466 g/mol. The van der Waals surface area contributed by atoms with Gasteiger partial charge in [0, 0.05) is 37.8 Å². The van der Waals surface area contributed by atoms with E-state index in [1.165, 1.54) is 0 Å². The molecule has 37 heavy (non-hydrogen) atoms. The molecule has 0 aliphatic heterocycles. The van der Waals surface area contributed by atoms with E-state index in [1.54, 1.807) is 19.3 Å². The first-order valence-electron chi connectivity index (χ1n) is 12.7. The zero-order valence-corrected chi connectivity index (χ0v) is 21.5. The minimum absolute atomic E-state index is 0.0689. The molecule has 2 aromatic carbocycles. The second-order valence-electron chi connectivity index (χ2n) is 9.05. The van der Waals surface area contributed by atoms with E-state index < -0.39 is 0 Å². The molecule has 194 valence electrons. The fourth-order valence-electron chi connectivity index (χ4n) is 4.07. The van der Waals surface area contributed by atoms with E-state index in [2.05, 4.69) is 39.9 Å². The molecule has 7 heteroatoms. The van der Waals surface area contributed by atoms with Gasteiger partial charge in [0.1, 0.15) is 0 Å². The summed E-state index contributed by atoms with van der Waals surface area (Å²) in [6.07, 6.45) is 4.50. The lowest BCUT2D eigenvalue weighted by atomic mass is 9.94. The number of nitrogens with zero attached hydrogens (tertiary/aromatic N) is 1. The number of ether oxygens (including phenoxy) is 1. The Morgan fingerprint density at radius 2 is 1.49 bits per heavy atom. The van der Waals surface area contributed by atoms with Gasteiger partial charge in [-0.3, -0.25) is 19.4 Å². The van der Waals surface area contributed by atoms with Crippen molar-refractivity contribution in [3.8, 4) is 11.1 Å². The Morgan fingerprint density at radius 3 is 2.16 bits per heavy atom. The largest absolute Gasteiger partial charge is 0.466 e. The average Bonchev–Trinajstić information content (AvgIpc) is 2.92. The Hall–Kier alpha value is -4.00. The lowest BCUT2D eigenvalue weighted by molar-refractivity contribution is -0.148. The summed E-state index contributed by atoms with van der Waals surface area (Å²) in [5.74, 6) is -1.06. The topological polar surface area (TPSA) is 97.4 Å². The third-order valence-corrected chi connectivity index (χ3v) is 6.05. The van der Waals surface area contributed by atoms with Crippen LogP contribution in [-0.2, 0) is 32.1 Å². The van der Waals surface area contributed by atoms with Crippen LogP contribution in [-0.4, -0.2) is 35.4 Å². The molecule has 0 saturated carbocycles. The van der Waals surface area contributed by atoms with Crippen LogP contribution in [0.15, 0.2) is 79.1 Å². The highest BCUT2D eigenvalue weighted by atomic mass is 16.5. The number of hydrogen-bond acceptors (Lipinski definition) is 5. The Labute approximate surface area is 218 Å². The molecule has 3 rings (SSSR count). The maximum Gasteiger partial charge on any atom is 0.308 e. The van der Waals surface area contributed by atoms with E-state index >= 15 is 0 Å². The third kappa shape index (κ3) is 9.52. The molecular formula is C30H35N3O4. The maximum absolute atomic E-state index is 12.7. The van der Waals surface area contributed by atoms with Gasteiger partial charge in [0.25, 0.3) is 0 Å². The number of carbonyl (C=O) groups is 3. The second-order valence-corrected chi connectivity index (χ2v) is 9.05. The molecule has 2 atom stereocenters. The fraction of sp³-hybridized carbons (Fsp3) is 0.333. The van der Waals surface area contributed by atoms with Crippen LogP contribution in [0.25, 0.3) is 11.1 Å². The Kier molecular flexibility index (Phi) is 10.8. The van der Waals surface area contributed by atoms with Gasteiger partial charge < -0.3 is 15.4 Å². The number of esters is 1. The van der Waals surface area contributed by atoms with E-state index in [-0.39, 0.29) is 42.6 Å². The molecule has 7 nitrogen and oxygen atoms in total. The van der Waals surface area contributed by atoms with Crippen LogP contribution in [0, 0.1) is 5.92 Å². The quantitative estimate of drug-likeness (QED) is 0.337. The van der Waals surface area contributed by atoms with Gasteiger partial charge in [0.15, 0.2) is 0 Å². The highest BCUT2D eigenvalue weighted by Crippen LogP contribution is 2.21. The van der Waals surface area contributed by atoms with Crippen molar-refractivity contribution in [2.75, 3.05) is 6.61 Å². The molecule has 2 amide bonds. The standard InChI is InChI=1S/C30H35N3O4/c1-3-37-30(36)22(2)19-27(20-23-9-11-26(12-10-23)25-7-5-4-6-8-25)33-29(35)14-13-28(34)32-21-24-15-17-31-18-16-24/h4-12,15-18,22,27H,3,13-14,19-21H2,1-2H3,(H,32,34)(H,33,35)/t22?,27-/m0/s1. The summed E-state index contributed by atoms with van der Waals surface area (Å²) in [7, 11) is 0. The van der Waals surface area contributed by atoms with E-state index in [4.69, 9.17) is 4.74 Å². The van der Waals surface area contributed by atoms with Crippen LogP contribution in [0.2, 0.25) is 0 Å². The maximum atomic E-state index is 12.7. The van der Waals surface area contributed by atoms with Crippen molar-refractivity contribution < 1.29 is 19.1 Å². The van der Waals surface area contributed by atoms with Crippen molar-refractivity contribution in [2.24, 2.45) is 5.92 Å². The normalized spacial score (nSPS) is 12.3. The van der Waals surface area contributed by atoms with Gasteiger partial charge in [-0.2, -0.15) is 0 Å². The number of nitrogens with one attached hydrogen (secondary N) is 2. The van der Waals surface area contributed by atoms with Gasteiger partial charge in [-0.15, -0.1) is 0 Å². The smallest absolute Gasteiger partial charge is 0.308 e. The Morgan fingerprint density at radius 1 is 0.838 bits per heavy atom. The third-order valence-electron chi connectivity index (χ3n) is 6.05. The van der Waals surface area contributed by atoms with Crippen LogP contribution < -0.4 is 10.6 Å². The molecule has 1 unspecified atom stereocenters. The zero-order valence-electron chi connectivity index (χ0n) is 21.5. The number of amides is 2. The Balaban J connectivity index is 1.57. The number of aromatic nitrogens is 1. The summed E-state index contributed by atoms with van der Waals surface area (Å²) >= 11 is 0. The SMILES string of the molecule is CCOC(=O)C(C)C[C@@H](Cc1ccc(-c2ccccc2)cc1)NC(=O)CCC(=O)NCc1ccncc1. The zero-order chi connectivity index (χ0) is 26.5. The molecule has 2 N–H and O–H groups in total. The summed E-state index contributed by atoms with van der Waals surface area (Å²) in [6.45, 7) is 4.29. The summed E-state index contributed by atoms with van der Waals surface area (Å²) < 4.78 is 5.16. The number of benzene rings is 2. The summed E-state index contributed by atoms with van der Waals surface area (Å²) in [5.41, 5.74) is 4.25. The predicted molar refractivity (Wildman–Crippen MR) is 143 cm³/mol. The first-order chi connectivity index (χ1) is 17.9. The predicted octanol–water partition coefficient (Wildman–Crippen LogP) is 4.46. The van der Waals surface area contributed by atoms with E-state index in [9.17, 15) is 14.4 Å². The van der Waals surface area contributed by atoms with Crippen LogP contribution in [0.1, 0.15) is 44.2 Å². The van der Waals surface area contributed by atoms with Crippen molar-refractivity contribution in [2.45, 2.75) is 52.1 Å². The van der Waals surface area contributed by atoms with Crippen molar-refractivity contribution >= 4 is 17.8 Å². The van der Waals surface area contributed by atoms with Crippen molar-refractivity contribution in [1.29, 1.82) is 0 Å². The van der Waals surface area contributed by atoms with Gasteiger partial charge >= 0.3 is 5.97 Å². The van der Waals surface area contributed by atoms with Gasteiger partial charge in [-0.25, -0.2) is 0 Å². The minimum Gasteiger partial charge on any atom is -0.466 e. The molecule has 0 saturated heterocycles.